The fraction of sp³-hybridized carbons (Fsp3) is 0.429. The molecule has 2 aromatic carbocycles. The number of rotatable bonds is 12. The molecule has 4 N–H and O–H groups in total. The van der Waals surface area contributed by atoms with Gasteiger partial charge in [-0.05, 0) is 68.6 Å². The second kappa shape index (κ2) is 11.8. The van der Waals surface area contributed by atoms with Gasteiger partial charge in [0.15, 0.2) is 0 Å². The number of hydrogen-bond acceptors (Lipinski definition) is 3. The minimum Gasteiger partial charge on any atom is -0.330 e. The topological polar surface area (TPSA) is 50.1 Å². The summed E-state index contributed by atoms with van der Waals surface area (Å²) in [6, 6.07) is 19.4. The standard InChI is InChI=1S/C21H31N3/c22-14-4-5-15-23-16-6-7-17-24-18-19-10-12-21(13-11-19)20-8-2-1-3-9-20/h1-3,8-13,23-24H,4-7,14-18,22H2. The summed E-state index contributed by atoms with van der Waals surface area (Å²) < 4.78 is 0. The molecule has 2 aromatic rings. The lowest BCUT2D eigenvalue weighted by Crippen LogP contribution is -2.20. The first-order chi connectivity index (χ1) is 11.9. The maximum Gasteiger partial charge on any atom is 0.0205 e. The van der Waals surface area contributed by atoms with E-state index in [1.54, 1.807) is 0 Å². The molecule has 0 saturated heterocycles. The van der Waals surface area contributed by atoms with Crippen molar-refractivity contribution in [1.29, 1.82) is 0 Å². The molecular formula is C21H31N3. The molecular weight excluding hydrogens is 294 g/mol. The fourth-order valence-electron chi connectivity index (χ4n) is 2.70. The van der Waals surface area contributed by atoms with Gasteiger partial charge in [0.1, 0.15) is 0 Å². The van der Waals surface area contributed by atoms with Crippen molar-refractivity contribution in [3.05, 3.63) is 60.2 Å². The van der Waals surface area contributed by atoms with E-state index in [4.69, 9.17) is 5.73 Å². The summed E-state index contributed by atoms with van der Waals surface area (Å²) in [4.78, 5) is 0. The molecule has 0 saturated carbocycles. The van der Waals surface area contributed by atoms with Gasteiger partial charge < -0.3 is 16.4 Å². The Morgan fingerprint density at radius 3 is 1.88 bits per heavy atom. The first-order valence-corrected chi connectivity index (χ1v) is 9.16. The summed E-state index contributed by atoms with van der Waals surface area (Å²) in [5, 5.41) is 7.00. The molecule has 3 heteroatoms. The zero-order valence-electron chi connectivity index (χ0n) is 14.6. The Morgan fingerprint density at radius 2 is 1.21 bits per heavy atom. The van der Waals surface area contributed by atoms with Crippen molar-refractivity contribution in [2.45, 2.75) is 32.2 Å². The lowest BCUT2D eigenvalue weighted by Gasteiger charge is -2.07. The smallest absolute Gasteiger partial charge is 0.0205 e. The molecule has 130 valence electrons. The van der Waals surface area contributed by atoms with Crippen LogP contribution in [0.4, 0.5) is 0 Å². The highest BCUT2D eigenvalue weighted by Crippen LogP contribution is 2.19. The predicted molar refractivity (Wildman–Crippen MR) is 104 cm³/mol. The third-order valence-corrected chi connectivity index (χ3v) is 4.15. The monoisotopic (exact) mass is 325 g/mol. The lowest BCUT2D eigenvalue weighted by molar-refractivity contribution is 0.568. The van der Waals surface area contributed by atoms with E-state index in [9.17, 15) is 0 Å². The van der Waals surface area contributed by atoms with Crippen LogP contribution in [0.3, 0.4) is 0 Å². The van der Waals surface area contributed by atoms with Gasteiger partial charge in [-0.3, -0.25) is 0 Å². The number of nitrogens with two attached hydrogens (primary N) is 1. The average molecular weight is 326 g/mol. The third kappa shape index (κ3) is 7.26. The average Bonchev–Trinajstić information content (AvgIpc) is 2.64. The number of unbranched alkanes of at least 4 members (excludes halogenated alkanes) is 2. The molecule has 0 atom stereocenters. The molecule has 2 rings (SSSR count). The van der Waals surface area contributed by atoms with E-state index >= 15 is 0 Å². The van der Waals surface area contributed by atoms with Gasteiger partial charge in [0, 0.05) is 6.54 Å². The van der Waals surface area contributed by atoms with Crippen LogP contribution in [0.2, 0.25) is 0 Å². The molecule has 0 aliphatic carbocycles. The van der Waals surface area contributed by atoms with Crippen molar-refractivity contribution < 1.29 is 0 Å². The molecule has 0 aromatic heterocycles. The van der Waals surface area contributed by atoms with Crippen molar-refractivity contribution in [2.75, 3.05) is 26.2 Å². The second-order valence-electron chi connectivity index (χ2n) is 6.19. The van der Waals surface area contributed by atoms with Gasteiger partial charge in [-0.2, -0.15) is 0 Å². The van der Waals surface area contributed by atoms with Gasteiger partial charge in [0.2, 0.25) is 0 Å². The van der Waals surface area contributed by atoms with Crippen LogP contribution in [0.25, 0.3) is 11.1 Å². The van der Waals surface area contributed by atoms with E-state index in [1.807, 2.05) is 0 Å². The van der Waals surface area contributed by atoms with Crippen molar-refractivity contribution in [3.8, 4) is 11.1 Å². The van der Waals surface area contributed by atoms with E-state index in [0.29, 0.717) is 0 Å². The summed E-state index contributed by atoms with van der Waals surface area (Å²) in [6.07, 6.45) is 4.75. The van der Waals surface area contributed by atoms with E-state index in [-0.39, 0.29) is 0 Å². The molecule has 0 bridgehead atoms. The summed E-state index contributed by atoms with van der Waals surface area (Å²) in [5.74, 6) is 0. The molecule has 0 heterocycles. The Hall–Kier alpha value is -1.68. The van der Waals surface area contributed by atoms with Crippen LogP contribution in [0.5, 0.6) is 0 Å². The van der Waals surface area contributed by atoms with Crippen molar-refractivity contribution >= 4 is 0 Å². The van der Waals surface area contributed by atoms with Crippen LogP contribution in [-0.4, -0.2) is 26.2 Å². The quantitative estimate of drug-likeness (QED) is 0.523. The Kier molecular flexibility index (Phi) is 9.17. The van der Waals surface area contributed by atoms with E-state index in [1.165, 1.54) is 36.0 Å². The van der Waals surface area contributed by atoms with Crippen LogP contribution < -0.4 is 16.4 Å². The fourth-order valence-corrected chi connectivity index (χ4v) is 2.70. The van der Waals surface area contributed by atoms with Crippen molar-refractivity contribution in [2.24, 2.45) is 5.73 Å². The maximum atomic E-state index is 5.47. The first kappa shape index (κ1) is 18.7. The first-order valence-electron chi connectivity index (χ1n) is 9.16. The Morgan fingerprint density at radius 1 is 0.625 bits per heavy atom. The van der Waals surface area contributed by atoms with Crippen LogP contribution in [0, 0.1) is 0 Å². The largest absolute Gasteiger partial charge is 0.330 e. The Bertz CT molecular complexity index is 537. The number of benzene rings is 2. The Labute approximate surface area is 146 Å². The molecule has 0 unspecified atom stereocenters. The van der Waals surface area contributed by atoms with Gasteiger partial charge in [0.25, 0.3) is 0 Å². The third-order valence-electron chi connectivity index (χ3n) is 4.15. The molecule has 0 aliphatic rings. The zero-order valence-corrected chi connectivity index (χ0v) is 14.6. The summed E-state index contributed by atoms with van der Waals surface area (Å²) >= 11 is 0. The van der Waals surface area contributed by atoms with E-state index in [0.717, 1.165) is 39.1 Å². The van der Waals surface area contributed by atoms with Crippen LogP contribution in [-0.2, 0) is 6.54 Å². The highest BCUT2D eigenvalue weighted by molar-refractivity contribution is 5.63. The van der Waals surface area contributed by atoms with Crippen molar-refractivity contribution in [1.82, 2.24) is 10.6 Å². The molecule has 0 spiro atoms. The number of hydrogen-bond donors (Lipinski definition) is 3. The molecule has 0 amide bonds. The van der Waals surface area contributed by atoms with E-state index in [2.05, 4.69) is 65.2 Å². The molecule has 0 radical (unpaired) electrons. The normalized spacial score (nSPS) is 10.9. The van der Waals surface area contributed by atoms with Gasteiger partial charge in [0.05, 0.1) is 0 Å². The number of nitrogens with one attached hydrogen (secondary N) is 2. The SMILES string of the molecule is NCCCCNCCCCNCc1ccc(-c2ccccc2)cc1. The minimum atomic E-state index is 0.803. The van der Waals surface area contributed by atoms with E-state index < -0.39 is 0 Å². The van der Waals surface area contributed by atoms with Crippen LogP contribution in [0.1, 0.15) is 31.2 Å². The van der Waals surface area contributed by atoms with Crippen LogP contribution >= 0.6 is 0 Å². The maximum absolute atomic E-state index is 5.47. The van der Waals surface area contributed by atoms with Gasteiger partial charge in [-0.15, -0.1) is 0 Å². The zero-order chi connectivity index (χ0) is 16.9. The minimum absolute atomic E-state index is 0.803. The highest BCUT2D eigenvalue weighted by Gasteiger charge is 1.97. The van der Waals surface area contributed by atoms with Gasteiger partial charge in [-0.1, -0.05) is 54.6 Å². The molecule has 24 heavy (non-hydrogen) atoms. The highest BCUT2D eigenvalue weighted by atomic mass is 14.9. The summed E-state index contributed by atoms with van der Waals surface area (Å²) in [7, 11) is 0. The summed E-state index contributed by atoms with van der Waals surface area (Å²) in [6.45, 7) is 5.03. The second-order valence-corrected chi connectivity index (χ2v) is 6.19. The lowest BCUT2D eigenvalue weighted by atomic mass is 10.0. The molecule has 0 aliphatic heterocycles. The molecule has 3 nitrogen and oxygen atoms in total. The molecule has 0 fully saturated rings. The predicted octanol–water partition coefficient (Wildman–Crippen LogP) is 3.55. The Balaban J connectivity index is 1.55. The van der Waals surface area contributed by atoms with Crippen molar-refractivity contribution in [3.63, 3.8) is 0 Å². The van der Waals surface area contributed by atoms with Crippen LogP contribution in [0.15, 0.2) is 54.6 Å². The van der Waals surface area contributed by atoms with Gasteiger partial charge >= 0.3 is 0 Å². The van der Waals surface area contributed by atoms with Gasteiger partial charge in [-0.25, -0.2) is 0 Å². The summed E-state index contributed by atoms with van der Waals surface area (Å²) in [5.41, 5.74) is 9.37.